The molecule has 0 bridgehead atoms. The summed E-state index contributed by atoms with van der Waals surface area (Å²) in [6.07, 6.45) is 1.70. The molecule has 1 aromatic heterocycles. The van der Waals surface area contributed by atoms with Crippen LogP contribution < -0.4 is 4.80 Å². The van der Waals surface area contributed by atoms with E-state index < -0.39 is 0 Å². The molecule has 0 unspecified atom stereocenters. The van der Waals surface area contributed by atoms with Crippen molar-refractivity contribution in [2.75, 3.05) is 20.3 Å². The van der Waals surface area contributed by atoms with E-state index in [4.69, 9.17) is 9.84 Å². The lowest BCUT2D eigenvalue weighted by Gasteiger charge is -2.06. The molecule has 0 radical (unpaired) electrons. The Balaban J connectivity index is 1.83. The summed E-state index contributed by atoms with van der Waals surface area (Å²) in [7, 11) is 1.66. The second-order valence-electron chi connectivity index (χ2n) is 6.56. The third-order valence-electron chi connectivity index (χ3n) is 4.62. The smallest absolute Gasteiger partial charge is 0.206 e. The largest absolute Gasteiger partial charge is 0.507 e. The number of halogens is 1. The van der Waals surface area contributed by atoms with E-state index in [1.54, 1.807) is 19.4 Å². The second-order valence-corrected chi connectivity index (χ2v) is 8.31. The Hall–Kier alpha value is -2.74. The van der Waals surface area contributed by atoms with Crippen molar-refractivity contribution in [1.29, 1.82) is 0 Å². The minimum absolute atomic E-state index is 0.191. The van der Waals surface area contributed by atoms with Crippen LogP contribution in [0.15, 0.2) is 80.6 Å². The van der Waals surface area contributed by atoms with Gasteiger partial charge < -0.3 is 9.84 Å². The standard InChI is InChI=1S/C23H20BrN3O2S/c1-29-13-12-25-23-27(21(15-30-23)17-6-9-18(24)10-7-17)26-14-20-19-5-3-2-4-16(19)8-11-22(20)28/h2-11,14-15,28H,12-13H2,1H3/b25-23?,26-14+. The van der Waals surface area contributed by atoms with E-state index in [9.17, 15) is 5.11 Å². The Morgan fingerprint density at radius 1 is 1.10 bits per heavy atom. The third-order valence-corrected chi connectivity index (χ3v) is 6.00. The fourth-order valence-corrected chi connectivity index (χ4v) is 4.23. The normalized spacial score (nSPS) is 12.3. The molecule has 152 valence electrons. The Morgan fingerprint density at radius 2 is 1.90 bits per heavy atom. The molecule has 0 aliphatic heterocycles. The van der Waals surface area contributed by atoms with Gasteiger partial charge in [0.1, 0.15) is 5.75 Å². The van der Waals surface area contributed by atoms with Crippen molar-refractivity contribution >= 4 is 44.3 Å². The lowest BCUT2D eigenvalue weighted by Crippen LogP contribution is -2.13. The fraction of sp³-hybridized carbons (Fsp3) is 0.130. The highest BCUT2D eigenvalue weighted by Gasteiger charge is 2.09. The SMILES string of the molecule is COCCN=c1scc(-c2ccc(Br)cc2)n1/N=C/c1c(O)ccc2ccccc12. The number of ether oxygens (including phenoxy) is 1. The minimum atomic E-state index is 0.191. The average molecular weight is 482 g/mol. The van der Waals surface area contributed by atoms with E-state index in [1.807, 2.05) is 64.7 Å². The summed E-state index contributed by atoms with van der Waals surface area (Å²) in [6, 6.07) is 19.6. The number of phenolic OH excluding ortho intramolecular Hbond substituents is 1. The maximum atomic E-state index is 10.5. The van der Waals surface area contributed by atoms with Gasteiger partial charge in [-0.3, -0.25) is 4.99 Å². The van der Waals surface area contributed by atoms with Gasteiger partial charge in [-0.05, 0) is 29.0 Å². The van der Waals surface area contributed by atoms with E-state index in [1.165, 1.54) is 11.3 Å². The van der Waals surface area contributed by atoms with E-state index in [0.717, 1.165) is 31.3 Å². The van der Waals surface area contributed by atoms with Crippen molar-refractivity contribution in [1.82, 2.24) is 4.68 Å². The molecular weight excluding hydrogens is 462 g/mol. The summed E-state index contributed by atoms with van der Waals surface area (Å²) in [4.78, 5) is 5.39. The predicted molar refractivity (Wildman–Crippen MR) is 126 cm³/mol. The van der Waals surface area contributed by atoms with Crippen LogP contribution in [0.4, 0.5) is 0 Å². The second kappa shape index (κ2) is 9.38. The van der Waals surface area contributed by atoms with Crippen LogP contribution in [-0.4, -0.2) is 36.3 Å². The molecule has 0 spiro atoms. The molecule has 30 heavy (non-hydrogen) atoms. The van der Waals surface area contributed by atoms with Gasteiger partial charge in [0.25, 0.3) is 0 Å². The van der Waals surface area contributed by atoms with E-state index in [2.05, 4.69) is 20.9 Å². The van der Waals surface area contributed by atoms with Crippen molar-refractivity contribution in [2.45, 2.75) is 0 Å². The van der Waals surface area contributed by atoms with Gasteiger partial charge in [0.2, 0.25) is 4.80 Å². The highest BCUT2D eigenvalue weighted by Crippen LogP contribution is 2.26. The summed E-state index contributed by atoms with van der Waals surface area (Å²) >= 11 is 5.00. The predicted octanol–water partition coefficient (Wildman–Crippen LogP) is 5.27. The number of fused-ring (bicyclic) bond motifs is 1. The molecule has 0 amide bonds. The molecule has 0 fully saturated rings. The first-order valence-electron chi connectivity index (χ1n) is 9.38. The monoisotopic (exact) mass is 481 g/mol. The lowest BCUT2D eigenvalue weighted by molar-refractivity contribution is 0.207. The Bertz CT molecular complexity index is 1260. The highest BCUT2D eigenvalue weighted by atomic mass is 79.9. The first kappa shape index (κ1) is 20.5. The molecule has 5 nitrogen and oxygen atoms in total. The van der Waals surface area contributed by atoms with Crippen LogP contribution in [0.1, 0.15) is 5.56 Å². The van der Waals surface area contributed by atoms with Crippen LogP contribution in [0, 0.1) is 0 Å². The van der Waals surface area contributed by atoms with Crippen LogP contribution in [0.3, 0.4) is 0 Å². The van der Waals surface area contributed by atoms with Crippen LogP contribution in [-0.2, 0) is 4.74 Å². The van der Waals surface area contributed by atoms with E-state index >= 15 is 0 Å². The zero-order valence-electron chi connectivity index (χ0n) is 16.3. The molecule has 0 atom stereocenters. The topological polar surface area (TPSA) is 59.1 Å². The summed E-state index contributed by atoms with van der Waals surface area (Å²) in [6.45, 7) is 1.09. The maximum Gasteiger partial charge on any atom is 0.206 e. The quantitative estimate of drug-likeness (QED) is 0.301. The third kappa shape index (κ3) is 4.38. The molecule has 1 heterocycles. The van der Waals surface area contributed by atoms with Gasteiger partial charge in [0.05, 0.1) is 25.1 Å². The zero-order valence-corrected chi connectivity index (χ0v) is 18.7. The molecule has 7 heteroatoms. The van der Waals surface area contributed by atoms with Gasteiger partial charge in [-0.25, -0.2) is 4.68 Å². The average Bonchev–Trinajstić information content (AvgIpc) is 3.16. The van der Waals surface area contributed by atoms with Crippen molar-refractivity contribution in [3.05, 3.63) is 80.9 Å². The minimum Gasteiger partial charge on any atom is -0.507 e. The first-order chi connectivity index (χ1) is 14.7. The van der Waals surface area contributed by atoms with Crippen LogP contribution in [0.2, 0.25) is 0 Å². The maximum absolute atomic E-state index is 10.5. The number of aromatic nitrogens is 1. The molecule has 1 N–H and O–H groups in total. The molecule has 4 rings (SSSR count). The fourth-order valence-electron chi connectivity index (χ4n) is 3.11. The molecule has 0 saturated heterocycles. The number of phenols is 1. The van der Waals surface area contributed by atoms with E-state index in [0.29, 0.717) is 18.7 Å². The summed E-state index contributed by atoms with van der Waals surface area (Å²) in [5.74, 6) is 0.191. The number of thiazole rings is 1. The molecule has 3 aromatic carbocycles. The number of benzene rings is 3. The summed E-state index contributed by atoms with van der Waals surface area (Å²) in [5, 5.41) is 19.2. The van der Waals surface area contributed by atoms with Gasteiger partial charge in [-0.1, -0.05) is 58.4 Å². The molecule has 4 aromatic rings. The Labute approximate surface area is 186 Å². The van der Waals surface area contributed by atoms with Gasteiger partial charge in [-0.15, -0.1) is 11.3 Å². The number of aromatic hydroxyl groups is 1. The number of nitrogens with zero attached hydrogens (tertiary/aromatic N) is 3. The highest BCUT2D eigenvalue weighted by molar-refractivity contribution is 9.10. The number of hydrogen-bond acceptors (Lipinski definition) is 5. The number of methoxy groups -OCH3 is 1. The van der Waals surface area contributed by atoms with Gasteiger partial charge in [0.15, 0.2) is 0 Å². The number of rotatable bonds is 6. The molecular formula is C23H20BrN3O2S. The van der Waals surface area contributed by atoms with Crippen molar-refractivity contribution in [3.8, 4) is 17.0 Å². The van der Waals surface area contributed by atoms with Gasteiger partial charge in [-0.2, -0.15) is 5.10 Å². The molecule has 0 saturated carbocycles. The summed E-state index contributed by atoms with van der Waals surface area (Å²) < 4.78 is 7.95. The van der Waals surface area contributed by atoms with Gasteiger partial charge >= 0.3 is 0 Å². The lowest BCUT2D eigenvalue weighted by atomic mass is 10.0. The first-order valence-corrected chi connectivity index (χ1v) is 11.1. The molecule has 0 aliphatic rings. The molecule has 0 aliphatic carbocycles. The van der Waals surface area contributed by atoms with Crippen LogP contribution in [0.5, 0.6) is 5.75 Å². The van der Waals surface area contributed by atoms with Crippen molar-refractivity contribution < 1.29 is 9.84 Å². The van der Waals surface area contributed by atoms with Gasteiger partial charge in [0, 0.05) is 28.1 Å². The number of hydrogen-bond donors (Lipinski definition) is 1. The zero-order chi connectivity index (χ0) is 20.9. The van der Waals surface area contributed by atoms with Crippen molar-refractivity contribution in [3.63, 3.8) is 0 Å². The van der Waals surface area contributed by atoms with Crippen molar-refractivity contribution in [2.24, 2.45) is 10.1 Å². The van der Waals surface area contributed by atoms with E-state index in [-0.39, 0.29) is 5.75 Å². The van der Waals surface area contributed by atoms with Crippen LogP contribution in [0.25, 0.3) is 22.0 Å². The summed E-state index contributed by atoms with van der Waals surface area (Å²) in [5.41, 5.74) is 2.64. The Morgan fingerprint density at radius 3 is 2.70 bits per heavy atom. The Kier molecular flexibility index (Phi) is 6.42. The van der Waals surface area contributed by atoms with Crippen LogP contribution >= 0.6 is 27.3 Å².